The molecule has 1 saturated heterocycles. The summed E-state index contributed by atoms with van der Waals surface area (Å²) in [5.74, 6) is -0.504. The maximum absolute atomic E-state index is 13.0. The Morgan fingerprint density at radius 3 is 1.74 bits per heavy atom. The molecule has 0 radical (unpaired) electrons. The molecule has 1 N–H and O–H groups in total. The van der Waals surface area contributed by atoms with E-state index in [9.17, 15) is 14.7 Å². The molecule has 2 aliphatic rings. The normalized spacial score (nSPS) is 19.0. The molecule has 0 spiro atoms. The van der Waals surface area contributed by atoms with Crippen molar-refractivity contribution in [1.82, 2.24) is 9.80 Å². The number of carbonyl (C=O) groups excluding carboxylic acids is 2. The van der Waals surface area contributed by atoms with Gasteiger partial charge in [0.25, 0.3) is 11.8 Å². The molecule has 3 unspecified atom stereocenters. The molecular formula is C43H58N2O5. The highest BCUT2D eigenvalue weighted by Gasteiger charge is 2.36. The van der Waals surface area contributed by atoms with Crippen molar-refractivity contribution in [3.63, 3.8) is 0 Å². The SMILES string of the molecule is CCCCCCCCN(CCCCCCCC)CC1CC(c2ccc(CO)cc2)OC(c2ccc(CN3C(=O)c4ccccc4C3=O)cc2)O1. The van der Waals surface area contributed by atoms with Gasteiger partial charge in [-0.25, -0.2) is 0 Å². The standard InChI is InChI=1S/C43H58N2O5/c1-3-5-7-9-11-15-27-44(28-16-12-10-8-6-4-2)31-37-29-40(35-23-21-34(32-46)22-24-35)50-43(49-37)36-25-19-33(20-26-36)30-45-41(47)38-17-13-14-18-39(38)42(45)48/h13-14,17-26,37,40,43,46H,3-12,15-16,27-32H2,1-2H3. The van der Waals surface area contributed by atoms with Crippen molar-refractivity contribution >= 4 is 11.8 Å². The summed E-state index contributed by atoms with van der Waals surface area (Å²) in [4.78, 5) is 29.9. The third-order valence-electron chi connectivity index (χ3n) is 10.2. The molecule has 2 aliphatic heterocycles. The average Bonchev–Trinajstić information content (AvgIpc) is 3.39. The molecule has 3 aromatic carbocycles. The third kappa shape index (κ3) is 10.6. The monoisotopic (exact) mass is 682 g/mol. The van der Waals surface area contributed by atoms with Crippen molar-refractivity contribution in [2.75, 3.05) is 19.6 Å². The van der Waals surface area contributed by atoms with Gasteiger partial charge in [0.2, 0.25) is 0 Å². The largest absolute Gasteiger partial charge is 0.392 e. The highest BCUT2D eigenvalue weighted by Crippen LogP contribution is 2.38. The minimum absolute atomic E-state index is 0.00512. The van der Waals surface area contributed by atoms with Gasteiger partial charge in [0.1, 0.15) is 0 Å². The van der Waals surface area contributed by atoms with Crippen molar-refractivity contribution in [2.24, 2.45) is 0 Å². The van der Waals surface area contributed by atoms with Crippen LogP contribution in [-0.4, -0.2) is 52.5 Å². The van der Waals surface area contributed by atoms with E-state index in [0.717, 1.165) is 48.3 Å². The van der Waals surface area contributed by atoms with Gasteiger partial charge in [0.15, 0.2) is 6.29 Å². The summed E-state index contributed by atoms with van der Waals surface area (Å²) in [5, 5.41) is 9.62. The molecule has 3 aromatic rings. The number of amides is 2. The smallest absolute Gasteiger partial charge is 0.261 e. The molecule has 0 aromatic heterocycles. The fraction of sp³-hybridized carbons (Fsp3) is 0.535. The van der Waals surface area contributed by atoms with E-state index < -0.39 is 6.29 Å². The second kappa shape index (κ2) is 19.9. The summed E-state index contributed by atoms with van der Waals surface area (Å²) in [6, 6.07) is 23.0. The van der Waals surface area contributed by atoms with Crippen LogP contribution in [0.3, 0.4) is 0 Å². The first-order valence-electron chi connectivity index (χ1n) is 19.3. The maximum atomic E-state index is 13.0. The van der Waals surface area contributed by atoms with Gasteiger partial charge in [0.05, 0.1) is 36.5 Å². The molecule has 5 rings (SSSR count). The van der Waals surface area contributed by atoms with E-state index in [1.807, 2.05) is 36.4 Å². The van der Waals surface area contributed by atoms with Gasteiger partial charge in [-0.05, 0) is 54.8 Å². The molecule has 3 atom stereocenters. The van der Waals surface area contributed by atoms with Crippen LogP contribution in [0.25, 0.3) is 0 Å². The third-order valence-corrected chi connectivity index (χ3v) is 10.2. The topological polar surface area (TPSA) is 79.3 Å². The lowest BCUT2D eigenvalue weighted by atomic mass is 9.99. The Balaban J connectivity index is 1.27. The van der Waals surface area contributed by atoms with Crippen LogP contribution in [-0.2, 0) is 22.6 Å². The minimum atomic E-state index is -0.547. The number of rotatable bonds is 21. The van der Waals surface area contributed by atoms with E-state index in [1.54, 1.807) is 24.3 Å². The highest BCUT2D eigenvalue weighted by molar-refractivity contribution is 6.21. The Hall–Kier alpha value is -3.36. The fourth-order valence-electron chi connectivity index (χ4n) is 7.19. The number of benzene rings is 3. The number of unbranched alkanes of at least 4 members (excludes halogenated alkanes) is 10. The van der Waals surface area contributed by atoms with E-state index in [0.29, 0.717) is 11.1 Å². The van der Waals surface area contributed by atoms with Crippen LogP contribution in [0.2, 0.25) is 0 Å². The zero-order chi connectivity index (χ0) is 35.1. The summed E-state index contributed by atoms with van der Waals surface area (Å²) in [6.07, 6.45) is 15.5. The van der Waals surface area contributed by atoms with Crippen molar-refractivity contribution in [2.45, 2.75) is 129 Å². The minimum Gasteiger partial charge on any atom is -0.392 e. The van der Waals surface area contributed by atoms with Gasteiger partial charge in [-0.2, -0.15) is 0 Å². The van der Waals surface area contributed by atoms with Crippen LogP contribution < -0.4 is 0 Å². The number of nitrogens with zero attached hydrogens (tertiary/aromatic N) is 2. The number of hydrogen-bond acceptors (Lipinski definition) is 6. The van der Waals surface area contributed by atoms with Gasteiger partial charge in [-0.1, -0.05) is 139 Å². The lowest BCUT2D eigenvalue weighted by Crippen LogP contribution is -2.40. The van der Waals surface area contributed by atoms with Crippen molar-refractivity contribution in [3.05, 3.63) is 106 Å². The number of carbonyl (C=O) groups is 2. The van der Waals surface area contributed by atoms with Crippen LogP contribution in [0, 0.1) is 0 Å². The summed E-state index contributed by atoms with van der Waals surface area (Å²) in [6.45, 7) is 7.82. The quantitative estimate of drug-likeness (QED) is 0.0891. The van der Waals surface area contributed by atoms with Crippen LogP contribution in [0.5, 0.6) is 0 Å². The van der Waals surface area contributed by atoms with Gasteiger partial charge in [-0.15, -0.1) is 0 Å². The first-order chi connectivity index (χ1) is 24.5. The number of ether oxygens (including phenoxy) is 2. The number of hydrogen-bond donors (Lipinski definition) is 1. The summed E-state index contributed by atoms with van der Waals surface area (Å²) >= 11 is 0. The zero-order valence-electron chi connectivity index (χ0n) is 30.4. The van der Waals surface area contributed by atoms with Gasteiger partial charge in [0, 0.05) is 18.5 Å². The number of imide groups is 1. The predicted molar refractivity (Wildman–Crippen MR) is 199 cm³/mol. The highest BCUT2D eigenvalue weighted by atomic mass is 16.7. The second-order valence-corrected chi connectivity index (χ2v) is 14.2. The van der Waals surface area contributed by atoms with E-state index in [2.05, 4.69) is 30.9 Å². The Kier molecular flexibility index (Phi) is 15.1. The number of fused-ring (bicyclic) bond motifs is 1. The molecule has 270 valence electrons. The molecule has 7 nitrogen and oxygen atoms in total. The van der Waals surface area contributed by atoms with Crippen LogP contribution in [0.1, 0.15) is 153 Å². The molecule has 2 heterocycles. The number of aliphatic hydroxyl groups excluding tert-OH is 1. The molecule has 1 fully saturated rings. The van der Waals surface area contributed by atoms with Crippen molar-refractivity contribution in [1.29, 1.82) is 0 Å². The van der Waals surface area contributed by atoms with E-state index in [-0.39, 0.29) is 37.2 Å². The van der Waals surface area contributed by atoms with Crippen LogP contribution >= 0.6 is 0 Å². The Bertz CT molecular complexity index is 1420. The molecule has 0 saturated carbocycles. The van der Waals surface area contributed by atoms with Crippen LogP contribution in [0.15, 0.2) is 72.8 Å². The first-order valence-corrected chi connectivity index (χ1v) is 19.3. The molecular weight excluding hydrogens is 624 g/mol. The molecule has 2 amide bonds. The van der Waals surface area contributed by atoms with Crippen LogP contribution in [0.4, 0.5) is 0 Å². The first kappa shape index (κ1) is 37.9. The summed E-state index contributed by atoms with van der Waals surface area (Å²) < 4.78 is 13.4. The Labute approximate surface area is 300 Å². The molecule has 0 aliphatic carbocycles. The molecule has 50 heavy (non-hydrogen) atoms. The summed E-state index contributed by atoms with van der Waals surface area (Å²) in [5.41, 5.74) is 4.67. The predicted octanol–water partition coefficient (Wildman–Crippen LogP) is 9.54. The fourth-order valence-corrected chi connectivity index (χ4v) is 7.19. The lowest BCUT2D eigenvalue weighted by molar-refractivity contribution is -0.253. The second-order valence-electron chi connectivity index (χ2n) is 14.2. The number of aliphatic hydroxyl groups is 1. The van der Waals surface area contributed by atoms with Crippen molar-refractivity contribution < 1.29 is 24.2 Å². The van der Waals surface area contributed by atoms with E-state index in [4.69, 9.17) is 9.47 Å². The summed E-state index contributed by atoms with van der Waals surface area (Å²) in [7, 11) is 0. The van der Waals surface area contributed by atoms with Gasteiger partial charge in [-0.3, -0.25) is 14.5 Å². The molecule has 7 heteroatoms. The lowest BCUT2D eigenvalue weighted by Gasteiger charge is -2.38. The maximum Gasteiger partial charge on any atom is 0.261 e. The van der Waals surface area contributed by atoms with Gasteiger partial charge < -0.3 is 19.5 Å². The Morgan fingerprint density at radius 1 is 0.660 bits per heavy atom. The molecule has 0 bridgehead atoms. The van der Waals surface area contributed by atoms with E-state index >= 15 is 0 Å². The zero-order valence-corrected chi connectivity index (χ0v) is 30.4. The van der Waals surface area contributed by atoms with Gasteiger partial charge >= 0.3 is 0 Å². The van der Waals surface area contributed by atoms with Crippen molar-refractivity contribution in [3.8, 4) is 0 Å². The van der Waals surface area contributed by atoms with E-state index in [1.165, 1.54) is 81.9 Å². The average molecular weight is 683 g/mol. The Morgan fingerprint density at radius 2 is 1.18 bits per heavy atom.